The van der Waals surface area contributed by atoms with Crippen molar-refractivity contribution in [3.8, 4) is 0 Å². The number of hydrogen-bond acceptors (Lipinski definition) is 1. The number of halogens is 1. The van der Waals surface area contributed by atoms with Crippen molar-refractivity contribution in [3.63, 3.8) is 0 Å². The van der Waals surface area contributed by atoms with Gasteiger partial charge in [-0.15, -0.1) is 0 Å². The highest BCUT2D eigenvalue weighted by atomic mass is 35.5. The first-order chi connectivity index (χ1) is 5.81. The number of aryl methyl sites for hydroxylation is 1. The van der Waals surface area contributed by atoms with Gasteiger partial charge in [-0.05, 0) is 12.1 Å². The summed E-state index contributed by atoms with van der Waals surface area (Å²) in [4.78, 5) is 4.26. The van der Waals surface area contributed by atoms with E-state index in [1.807, 2.05) is 28.9 Å². The number of imidazole rings is 1. The SMILES string of the molecule is CCc1ncc2ccc(Cl)cn12. The van der Waals surface area contributed by atoms with Crippen LogP contribution in [-0.4, -0.2) is 9.38 Å². The molecule has 0 aromatic carbocycles. The van der Waals surface area contributed by atoms with Gasteiger partial charge in [0.15, 0.2) is 0 Å². The smallest absolute Gasteiger partial charge is 0.112 e. The van der Waals surface area contributed by atoms with E-state index in [4.69, 9.17) is 11.6 Å². The number of aromatic nitrogens is 2. The third-order valence-corrected chi connectivity index (χ3v) is 2.11. The summed E-state index contributed by atoms with van der Waals surface area (Å²) in [5.74, 6) is 1.05. The Hall–Kier alpha value is -1.02. The molecule has 0 spiro atoms. The van der Waals surface area contributed by atoms with E-state index in [0.717, 1.165) is 22.8 Å². The molecular formula is C9H9ClN2. The van der Waals surface area contributed by atoms with Crippen molar-refractivity contribution in [3.05, 3.63) is 35.4 Å². The maximum atomic E-state index is 5.86. The third-order valence-electron chi connectivity index (χ3n) is 1.88. The molecule has 0 saturated heterocycles. The maximum Gasteiger partial charge on any atom is 0.112 e. The summed E-state index contributed by atoms with van der Waals surface area (Å²) in [6, 6.07) is 3.84. The topological polar surface area (TPSA) is 17.3 Å². The standard InChI is InChI=1S/C9H9ClN2/c1-2-9-11-5-8-4-3-7(10)6-12(8)9/h3-6H,2H2,1H3. The van der Waals surface area contributed by atoms with Crippen LogP contribution in [0.5, 0.6) is 0 Å². The Morgan fingerprint density at radius 1 is 1.50 bits per heavy atom. The van der Waals surface area contributed by atoms with Crippen LogP contribution >= 0.6 is 11.6 Å². The third kappa shape index (κ3) is 1.08. The van der Waals surface area contributed by atoms with Gasteiger partial charge < -0.3 is 4.40 Å². The predicted octanol–water partition coefficient (Wildman–Crippen LogP) is 2.55. The highest BCUT2D eigenvalue weighted by molar-refractivity contribution is 6.30. The van der Waals surface area contributed by atoms with E-state index in [1.54, 1.807) is 0 Å². The van der Waals surface area contributed by atoms with Crippen molar-refractivity contribution in [2.75, 3.05) is 0 Å². The van der Waals surface area contributed by atoms with Gasteiger partial charge in [0.2, 0.25) is 0 Å². The second-order valence-corrected chi connectivity index (χ2v) is 3.11. The molecule has 0 aliphatic rings. The fraction of sp³-hybridized carbons (Fsp3) is 0.222. The van der Waals surface area contributed by atoms with E-state index in [1.165, 1.54) is 0 Å². The summed E-state index contributed by atoms with van der Waals surface area (Å²) in [5, 5.41) is 0.746. The van der Waals surface area contributed by atoms with Crippen LogP contribution in [0.15, 0.2) is 24.5 Å². The minimum atomic E-state index is 0.746. The summed E-state index contributed by atoms with van der Waals surface area (Å²) in [5.41, 5.74) is 1.09. The summed E-state index contributed by atoms with van der Waals surface area (Å²) in [7, 11) is 0. The van der Waals surface area contributed by atoms with Gasteiger partial charge in [-0.25, -0.2) is 4.98 Å². The molecule has 0 radical (unpaired) electrons. The Morgan fingerprint density at radius 2 is 2.33 bits per heavy atom. The lowest BCUT2D eigenvalue weighted by molar-refractivity contribution is 0.933. The molecule has 0 fully saturated rings. The Balaban J connectivity index is 2.75. The van der Waals surface area contributed by atoms with E-state index in [0.29, 0.717) is 0 Å². The van der Waals surface area contributed by atoms with E-state index in [-0.39, 0.29) is 0 Å². The van der Waals surface area contributed by atoms with Crippen LogP contribution in [0.3, 0.4) is 0 Å². The molecule has 0 atom stereocenters. The molecule has 2 heterocycles. The van der Waals surface area contributed by atoms with Crippen LogP contribution in [-0.2, 0) is 6.42 Å². The average Bonchev–Trinajstić information content (AvgIpc) is 2.46. The van der Waals surface area contributed by atoms with Gasteiger partial charge in [-0.3, -0.25) is 0 Å². The largest absolute Gasteiger partial charge is 0.302 e. The molecule has 2 nitrogen and oxygen atoms in total. The Bertz CT molecular complexity index is 406. The van der Waals surface area contributed by atoms with Crippen molar-refractivity contribution in [2.24, 2.45) is 0 Å². The van der Waals surface area contributed by atoms with Crippen LogP contribution in [0, 0.1) is 0 Å². The molecule has 0 saturated carbocycles. The lowest BCUT2D eigenvalue weighted by Gasteiger charge is -1.97. The van der Waals surface area contributed by atoms with Crippen molar-refractivity contribution < 1.29 is 0 Å². The number of fused-ring (bicyclic) bond motifs is 1. The van der Waals surface area contributed by atoms with E-state index in [9.17, 15) is 0 Å². The second-order valence-electron chi connectivity index (χ2n) is 2.67. The van der Waals surface area contributed by atoms with Crippen LogP contribution < -0.4 is 0 Å². The first kappa shape index (κ1) is 7.62. The fourth-order valence-corrected chi connectivity index (χ4v) is 1.44. The first-order valence-corrected chi connectivity index (χ1v) is 4.30. The number of nitrogens with zero attached hydrogens (tertiary/aromatic N) is 2. The molecule has 2 aromatic rings. The highest BCUT2D eigenvalue weighted by Gasteiger charge is 2.00. The lowest BCUT2D eigenvalue weighted by atomic mass is 10.4. The zero-order chi connectivity index (χ0) is 8.55. The fourth-order valence-electron chi connectivity index (χ4n) is 1.28. The van der Waals surface area contributed by atoms with Crippen LogP contribution in [0.25, 0.3) is 5.52 Å². The summed E-state index contributed by atoms with van der Waals surface area (Å²) in [6.07, 6.45) is 4.67. The monoisotopic (exact) mass is 180 g/mol. The van der Waals surface area contributed by atoms with Crippen molar-refractivity contribution in [2.45, 2.75) is 13.3 Å². The minimum absolute atomic E-state index is 0.746. The summed E-state index contributed by atoms with van der Waals surface area (Å²) < 4.78 is 2.02. The Kier molecular flexibility index (Phi) is 1.77. The molecule has 62 valence electrons. The Morgan fingerprint density at radius 3 is 3.08 bits per heavy atom. The molecule has 0 aliphatic heterocycles. The van der Waals surface area contributed by atoms with Gasteiger partial charge in [-0.1, -0.05) is 18.5 Å². The van der Waals surface area contributed by atoms with Crippen molar-refractivity contribution in [1.82, 2.24) is 9.38 Å². The molecule has 0 N–H and O–H groups in total. The van der Waals surface area contributed by atoms with Crippen LogP contribution in [0.4, 0.5) is 0 Å². The molecule has 0 aliphatic carbocycles. The van der Waals surface area contributed by atoms with Gasteiger partial charge in [0, 0.05) is 12.6 Å². The molecule has 2 rings (SSSR count). The summed E-state index contributed by atoms with van der Waals surface area (Å²) >= 11 is 5.86. The van der Waals surface area contributed by atoms with Crippen LogP contribution in [0.1, 0.15) is 12.7 Å². The molecule has 0 bridgehead atoms. The van der Waals surface area contributed by atoms with E-state index >= 15 is 0 Å². The number of hydrogen-bond donors (Lipinski definition) is 0. The van der Waals surface area contributed by atoms with Crippen LogP contribution in [0.2, 0.25) is 5.02 Å². The van der Waals surface area contributed by atoms with Gasteiger partial charge in [0.25, 0.3) is 0 Å². The van der Waals surface area contributed by atoms with E-state index in [2.05, 4.69) is 11.9 Å². The molecular weight excluding hydrogens is 172 g/mol. The molecule has 0 unspecified atom stereocenters. The normalized spacial score (nSPS) is 10.8. The van der Waals surface area contributed by atoms with Gasteiger partial charge >= 0.3 is 0 Å². The van der Waals surface area contributed by atoms with E-state index < -0.39 is 0 Å². The second kappa shape index (κ2) is 2.79. The van der Waals surface area contributed by atoms with Gasteiger partial charge in [0.1, 0.15) is 5.82 Å². The first-order valence-electron chi connectivity index (χ1n) is 3.92. The lowest BCUT2D eigenvalue weighted by Crippen LogP contribution is -1.91. The zero-order valence-electron chi connectivity index (χ0n) is 6.79. The van der Waals surface area contributed by atoms with Crippen molar-refractivity contribution in [1.29, 1.82) is 0 Å². The average molecular weight is 181 g/mol. The quantitative estimate of drug-likeness (QED) is 0.660. The van der Waals surface area contributed by atoms with Crippen molar-refractivity contribution >= 4 is 17.1 Å². The molecule has 3 heteroatoms. The minimum Gasteiger partial charge on any atom is -0.302 e. The maximum absolute atomic E-state index is 5.86. The number of pyridine rings is 1. The zero-order valence-corrected chi connectivity index (χ0v) is 7.54. The molecule has 2 aromatic heterocycles. The molecule has 12 heavy (non-hydrogen) atoms. The predicted molar refractivity (Wildman–Crippen MR) is 49.6 cm³/mol. The Labute approximate surface area is 75.8 Å². The molecule has 0 amide bonds. The summed E-state index contributed by atoms with van der Waals surface area (Å²) in [6.45, 7) is 2.08. The van der Waals surface area contributed by atoms with Gasteiger partial charge in [0.05, 0.1) is 16.7 Å². The number of rotatable bonds is 1. The van der Waals surface area contributed by atoms with Gasteiger partial charge in [-0.2, -0.15) is 0 Å². The highest BCUT2D eigenvalue weighted by Crippen LogP contribution is 2.13.